The molecule has 0 amide bonds. The molecule has 0 saturated carbocycles. The number of fused-ring (bicyclic) bond motifs is 1. The van der Waals surface area contributed by atoms with Crippen LogP contribution in [0.25, 0.3) is 0 Å². The van der Waals surface area contributed by atoms with Gasteiger partial charge in [0.25, 0.3) is 0 Å². The van der Waals surface area contributed by atoms with E-state index in [-0.39, 0.29) is 0 Å². The minimum Gasteiger partial charge on any atom is -0.480 e. The Hall–Kier alpha value is -1.63. The van der Waals surface area contributed by atoms with Crippen LogP contribution in [0.4, 0.5) is 0 Å². The Bertz CT molecular complexity index is 420. The predicted molar refractivity (Wildman–Crippen MR) is 52.4 cm³/mol. The van der Waals surface area contributed by atoms with E-state index in [9.17, 15) is 9.90 Å². The van der Waals surface area contributed by atoms with E-state index in [4.69, 9.17) is 20.6 Å². The summed E-state index contributed by atoms with van der Waals surface area (Å²) in [7, 11) is 0. The lowest BCUT2D eigenvalue weighted by Crippen LogP contribution is -2.36. The van der Waals surface area contributed by atoms with Gasteiger partial charge in [-0.3, -0.25) is 4.79 Å². The first-order valence-corrected chi connectivity index (χ1v) is 4.68. The van der Waals surface area contributed by atoms with E-state index in [1.807, 2.05) is 0 Å². The third-order valence-corrected chi connectivity index (χ3v) is 2.42. The number of aliphatic carboxylic acids is 1. The number of carbonyl (C=O) groups is 1. The first-order valence-electron chi connectivity index (χ1n) is 4.68. The van der Waals surface area contributed by atoms with Gasteiger partial charge in [-0.25, -0.2) is 0 Å². The summed E-state index contributed by atoms with van der Waals surface area (Å²) in [5.41, 5.74) is 6.55. The molecule has 16 heavy (non-hydrogen) atoms. The number of aliphatic hydroxyl groups is 1. The third kappa shape index (κ3) is 1.85. The zero-order chi connectivity index (χ0) is 11.7. The van der Waals surface area contributed by atoms with Gasteiger partial charge in [0.2, 0.25) is 0 Å². The molecule has 0 bridgehead atoms. The third-order valence-electron chi connectivity index (χ3n) is 2.42. The topological polar surface area (TPSA) is 102 Å². The summed E-state index contributed by atoms with van der Waals surface area (Å²) in [6.45, 7) is 0.344. The van der Waals surface area contributed by atoms with Crippen molar-refractivity contribution < 1.29 is 24.8 Å². The van der Waals surface area contributed by atoms with Crippen molar-refractivity contribution in [2.24, 2.45) is 5.73 Å². The second kappa shape index (κ2) is 4.09. The van der Waals surface area contributed by atoms with Gasteiger partial charge in [-0.1, -0.05) is 12.1 Å². The van der Waals surface area contributed by atoms with Crippen LogP contribution in [0.5, 0.6) is 5.75 Å². The number of carboxylic acids is 1. The molecular weight excluding hydrogens is 214 g/mol. The van der Waals surface area contributed by atoms with Gasteiger partial charge < -0.3 is 20.8 Å². The number of nitrogens with two attached hydrogens (primary N) is 1. The van der Waals surface area contributed by atoms with Crippen molar-refractivity contribution >= 4 is 5.97 Å². The van der Waals surface area contributed by atoms with E-state index >= 15 is 0 Å². The summed E-state index contributed by atoms with van der Waals surface area (Å²) in [4.78, 5) is 20.2. The smallest absolute Gasteiger partial charge is 0.323 e. The highest BCUT2D eigenvalue weighted by Gasteiger charge is 2.25. The fourth-order valence-electron chi connectivity index (χ4n) is 1.45. The quantitative estimate of drug-likeness (QED) is 0.623. The van der Waals surface area contributed by atoms with Crippen LogP contribution in [-0.2, 0) is 16.3 Å². The standard InChI is InChI=1S/C10H11NO5/c11-8(10(13)14)9(12)5-1-2-6-4-15-16-7(6)3-5/h1-3,8-9,12H,4,11H2,(H,13,14). The van der Waals surface area contributed by atoms with Crippen LogP contribution in [0.15, 0.2) is 18.2 Å². The van der Waals surface area contributed by atoms with Crippen LogP contribution in [0.2, 0.25) is 0 Å². The Morgan fingerprint density at radius 2 is 2.25 bits per heavy atom. The highest BCUT2D eigenvalue weighted by molar-refractivity contribution is 5.74. The fourth-order valence-corrected chi connectivity index (χ4v) is 1.45. The van der Waals surface area contributed by atoms with Crippen molar-refractivity contribution in [2.75, 3.05) is 0 Å². The molecule has 0 spiro atoms. The van der Waals surface area contributed by atoms with Crippen molar-refractivity contribution in [3.05, 3.63) is 29.3 Å². The Morgan fingerprint density at radius 3 is 2.94 bits per heavy atom. The maximum Gasteiger partial charge on any atom is 0.323 e. The predicted octanol–water partition coefficient (Wildman–Crippen LogP) is -0.0441. The molecule has 0 fully saturated rings. The monoisotopic (exact) mass is 225 g/mol. The van der Waals surface area contributed by atoms with Gasteiger partial charge in [-0.05, 0) is 11.6 Å². The minimum absolute atomic E-state index is 0.344. The molecule has 2 unspecified atom stereocenters. The SMILES string of the molecule is NC(C(=O)O)C(O)c1ccc2c(c1)OOC2. The maximum absolute atomic E-state index is 10.6. The van der Waals surface area contributed by atoms with Gasteiger partial charge in [0, 0.05) is 5.56 Å². The number of hydrogen-bond donors (Lipinski definition) is 3. The number of hydrogen-bond acceptors (Lipinski definition) is 5. The molecule has 0 aromatic heterocycles. The van der Waals surface area contributed by atoms with E-state index in [0.29, 0.717) is 17.9 Å². The summed E-state index contributed by atoms with van der Waals surface area (Å²) in [5.74, 6) is -0.778. The van der Waals surface area contributed by atoms with Crippen molar-refractivity contribution in [2.45, 2.75) is 18.8 Å². The average Bonchev–Trinajstić information content (AvgIpc) is 2.73. The number of carboxylic acid groups (broad SMARTS) is 1. The van der Waals surface area contributed by atoms with Crippen molar-refractivity contribution in [3.8, 4) is 5.75 Å². The van der Waals surface area contributed by atoms with Crippen LogP contribution < -0.4 is 10.6 Å². The molecule has 1 heterocycles. The van der Waals surface area contributed by atoms with Gasteiger partial charge in [0.05, 0.1) is 0 Å². The molecule has 1 aromatic rings. The van der Waals surface area contributed by atoms with Gasteiger partial charge in [-0.15, -0.1) is 0 Å². The Morgan fingerprint density at radius 1 is 1.50 bits per heavy atom. The fraction of sp³-hybridized carbons (Fsp3) is 0.300. The maximum atomic E-state index is 10.6. The molecule has 0 radical (unpaired) electrons. The molecule has 1 aromatic carbocycles. The molecule has 6 nitrogen and oxygen atoms in total. The summed E-state index contributed by atoms with van der Waals surface area (Å²) >= 11 is 0. The number of aliphatic hydroxyl groups excluding tert-OH is 1. The summed E-state index contributed by atoms with van der Waals surface area (Å²) in [6, 6.07) is 3.47. The minimum atomic E-state index is -1.36. The first kappa shape index (κ1) is 10.9. The van der Waals surface area contributed by atoms with Gasteiger partial charge in [0.1, 0.15) is 18.8 Å². The zero-order valence-electron chi connectivity index (χ0n) is 8.29. The zero-order valence-corrected chi connectivity index (χ0v) is 8.29. The summed E-state index contributed by atoms with van der Waals surface area (Å²) < 4.78 is 0. The molecule has 2 atom stereocenters. The summed E-state index contributed by atoms with van der Waals surface area (Å²) in [6.07, 6.45) is -1.27. The Labute approximate surface area is 91.1 Å². The highest BCUT2D eigenvalue weighted by Crippen LogP contribution is 2.29. The molecule has 0 aliphatic carbocycles. The second-order valence-electron chi connectivity index (χ2n) is 3.52. The lowest BCUT2D eigenvalue weighted by Gasteiger charge is -2.15. The molecule has 0 saturated heterocycles. The van der Waals surface area contributed by atoms with E-state index in [1.165, 1.54) is 6.07 Å². The Kier molecular flexibility index (Phi) is 2.78. The van der Waals surface area contributed by atoms with Crippen LogP contribution in [0.1, 0.15) is 17.2 Å². The van der Waals surface area contributed by atoms with Gasteiger partial charge in [-0.2, -0.15) is 4.89 Å². The molecular formula is C10H11NO5. The van der Waals surface area contributed by atoms with E-state index in [2.05, 4.69) is 0 Å². The lowest BCUT2D eigenvalue weighted by atomic mass is 10.0. The highest BCUT2D eigenvalue weighted by atomic mass is 17.2. The molecule has 4 N–H and O–H groups in total. The molecule has 86 valence electrons. The van der Waals surface area contributed by atoms with Crippen molar-refractivity contribution in [1.82, 2.24) is 0 Å². The second-order valence-corrected chi connectivity index (χ2v) is 3.52. The van der Waals surface area contributed by atoms with Crippen LogP contribution in [0, 0.1) is 0 Å². The summed E-state index contributed by atoms with van der Waals surface area (Å²) in [5, 5.41) is 18.4. The number of rotatable bonds is 3. The Balaban J connectivity index is 2.24. The van der Waals surface area contributed by atoms with E-state index < -0.39 is 18.1 Å². The first-order chi connectivity index (χ1) is 7.59. The van der Waals surface area contributed by atoms with Crippen LogP contribution in [0.3, 0.4) is 0 Å². The molecule has 2 rings (SSSR count). The molecule has 6 heteroatoms. The average molecular weight is 225 g/mol. The van der Waals surface area contributed by atoms with E-state index in [1.54, 1.807) is 12.1 Å². The normalized spacial score (nSPS) is 17.4. The van der Waals surface area contributed by atoms with E-state index in [0.717, 1.165) is 5.56 Å². The van der Waals surface area contributed by atoms with Crippen LogP contribution in [-0.4, -0.2) is 22.2 Å². The number of benzene rings is 1. The largest absolute Gasteiger partial charge is 0.480 e. The molecule has 1 aliphatic heterocycles. The van der Waals surface area contributed by atoms with Gasteiger partial charge >= 0.3 is 5.97 Å². The van der Waals surface area contributed by atoms with Crippen molar-refractivity contribution in [3.63, 3.8) is 0 Å². The van der Waals surface area contributed by atoms with Crippen LogP contribution >= 0.6 is 0 Å². The lowest BCUT2D eigenvalue weighted by molar-refractivity contribution is -0.194. The van der Waals surface area contributed by atoms with Gasteiger partial charge in [0.15, 0.2) is 5.75 Å². The molecule has 1 aliphatic rings. The van der Waals surface area contributed by atoms with Crippen molar-refractivity contribution in [1.29, 1.82) is 0 Å².